The number of rotatable bonds is 6. The van der Waals surface area contributed by atoms with E-state index in [9.17, 15) is 0 Å². The number of fused-ring (bicyclic) bond motifs is 2. The Morgan fingerprint density at radius 1 is 0.381 bits per heavy atom. The summed E-state index contributed by atoms with van der Waals surface area (Å²) in [5, 5.41) is 5.03. The number of anilines is 6. The summed E-state index contributed by atoms with van der Waals surface area (Å²) in [6, 6.07) is 48.3. The zero-order chi connectivity index (χ0) is 28.5. The largest absolute Gasteiger partial charge is 0.309 e. The lowest BCUT2D eigenvalue weighted by Crippen LogP contribution is -2.36. The van der Waals surface area contributed by atoms with Crippen LogP contribution in [0.2, 0.25) is 0 Å². The molecule has 0 spiro atoms. The number of hydrogen-bond donors (Lipinski definition) is 0. The van der Waals surface area contributed by atoms with Gasteiger partial charge < -0.3 is 9.80 Å². The summed E-state index contributed by atoms with van der Waals surface area (Å²) >= 11 is 0. The van der Waals surface area contributed by atoms with E-state index in [1.807, 2.05) is 0 Å². The fourth-order valence-corrected chi connectivity index (χ4v) is 6.15. The summed E-state index contributed by atoms with van der Waals surface area (Å²) in [5.74, 6) is 0. The van der Waals surface area contributed by atoms with Gasteiger partial charge in [0.1, 0.15) is 0 Å². The Hall–Kier alpha value is -5.08. The summed E-state index contributed by atoms with van der Waals surface area (Å²) in [7, 11) is 0. The van der Waals surface area contributed by atoms with Gasteiger partial charge in [-0.2, -0.15) is 0 Å². The fraction of sp³-hybridized carbons (Fsp3) is 0.100. The summed E-state index contributed by atoms with van der Waals surface area (Å²) < 4.78 is 0. The molecule has 0 N–H and O–H groups in total. The van der Waals surface area contributed by atoms with E-state index in [4.69, 9.17) is 0 Å². The van der Waals surface area contributed by atoms with Crippen LogP contribution in [-0.2, 0) is 0 Å². The molecule has 0 aliphatic heterocycles. The van der Waals surface area contributed by atoms with Crippen LogP contribution in [0.5, 0.6) is 0 Å². The second-order valence-corrected chi connectivity index (χ2v) is 11.1. The third-order valence-electron chi connectivity index (χ3n) is 8.16. The monoisotopic (exact) mass is 542 g/mol. The molecular weight excluding hydrogens is 508 g/mol. The van der Waals surface area contributed by atoms with Crippen LogP contribution in [0, 0.1) is 13.8 Å². The zero-order valence-electron chi connectivity index (χ0n) is 24.2. The molecule has 1 aliphatic carbocycles. The van der Waals surface area contributed by atoms with Crippen molar-refractivity contribution in [2.75, 3.05) is 9.80 Å². The minimum absolute atomic E-state index is 1.02. The molecule has 2 heteroatoms. The molecule has 7 rings (SSSR count). The normalized spacial score (nSPS) is 12.2. The number of para-hydroxylation sites is 2. The van der Waals surface area contributed by atoms with Gasteiger partial charge in [-0.1, -0.05) is 108 Å². The van der Waals surface area contributed by atoms with Crippen molar-refractivity contribution in [1.29, 1.82) is 0 Å². The summed E-state index contributed by atoms with van der Waals surface area (Å²) in [5.41, 5.74) is 9.59. The van der Waals surface area contributed by atoms with Gasteiger partial charge >= 0.3 is 0 Å². The van der Waals surface area contributed by atoms with E-state index in [-0.39, 0.29) is 0 Å². The Kier molecular flexibility index (Phi) is 6.81. The van der Waals surface area contributed by atoms with Crippen molar-refractivity contribution in [2.24, 2.45) is 0 Å². The second-order valence-electron chi connectivity index (χ2n) is 11.1. The van der Waals surface area contributed by atoms with Crippen LogP contribution >= 0.6 is 0 Å². The molecule has 0 fully saturated rings. The summed E-state index contributed by atoms with van der Waals surface area (Å²) in [6.07, 6.45) is 6.93. The maximum absolute atomic E-state index is 2.45. The van der Waals surface area contributed by atoms with E-state index in [2.05, 4.69) is 169 Å². The van der Waals surface area contributed by atoms with Gasteiger partial charge in [0, 0.05) is 44.0 Å². The highest BCUT2D eigenvalue weighted by molar-refractivity contribution is 6.08. The lowest BCUT2D eigenvalue weighted by Gasteiger charge is -2.32. The molecule has 204 valence electrons. The van der Waals surface area contributed by atoms with Gasteiger partial charge in [0.25, 0.3) is 0 Å². The Morgan fingerprint density at radius 2 is 0.714 bits per heavy atom. The molecule has 42 heavy (non-hydrogen) atoms. The maximum atomic E-state index is 2.45. The first-order valence-electron chi connectivity index (χ1n) is 14.8. The molecule has 0 saturated carbocycles. The molecule has 0 radical (unpaired) electrons. The molecule has 1 aliphatic rings. The molecule has 0 unspecified atom stereocenters. The predicted molar refractivity (Wildman–Crippen MR) is 180 cm³/mol. The average Bonchev–Trinajstić information content (AvgIpc) is 3.05. The number of benzene rings is 6. The van der Waals surface area contributed by atoms with Gasteiger partial charge in [-0.25, -0.2) is 0 Å². The van der Waals surface area contributed by atoms with Crippen LogP contribution in [0.1, 0.15) is 24.0 Å². The van der Waals surface area contributed by atoms with Crippen LogP contribution in [0.3, 0.4) is 0 Å². The van der Waals surface area contributed by atoms with E-state index >= 15 is 0 Å². The van der Waals surface area contributed by atoms with Crippen LogP contribution in [0.15, 0.2) is 133 Å². The van der Waals surface area contributed by atoms with E-state index in [1.165, 1.54) is 43.7 Å². The van der Waals surface area contributed by atoms with Crippen molar-refractivity contribution in [1.82, 2.24) is 0 Å². The SMILES string of the molecule is Cc1ccc(N(c2ccccc2)c2c3c(c(N(c4ccccc4)c4ccc(C)cc4)c4ccccc24)=CCCC=3)cc1. The molecule has 2 nitrogen and oxygen atoms in total. The van der Waals surface area contributed by atoms with Crippen LogP contribution in [0.4, 0.5) is 34.1 Å². The van der Waals surface area contributed by atoms with E-state index in [0.717, 1.165) is 35.6 Å². The van der Waals surface area contributed by atoms with Crippen molar-refractivity contribution < 1.29 is 0 Å². The van der Waals surface area contributed by atoms with Crippen LogP contribution in [-0.4, -0.2) is 0 Å². The number of hydrogen-bond acceptors (Lipinski definition) is 2. The summed E-state index contributed by atoms with van der Waals surface area (Å²) in [6.45, 7) is 4.29. The quantitative estimate of drug-likeness (QED) is 0.193. The maximum Gasteiger partial charge on any atom is 0.0616 e. The number of nitrogens with zero attached hydrogens (tertiary/aromatic N) is 2. The van der Waals surface area contributed by atoms with Crippen molar-refractivity contribution >= 4 is 57.0 Å². The van der Waals surface area contributed by atoms with E-state index < -0.39 is 0 Å². The van der Waals surface area contributed by atoms with Gasteiger partial charge in [0.05, 0.1) is 11.4 Å². The van der Waals surface area contributed by atoms with Gasteiger partial charge in [-0.3, -0.25) is 0 Å². The molecule has 0 amide bonds. The highest BCUT2D eigenvalue weighted by Gasteiger charge is 2.24. The van der Waals surface area contributed by atoms with Gasteiger partial charge in [0.15, 0.2) is 0 Å². The lowest BCUT2D eigenvalue weighted by molar-refractivity contribution is 1.11. The average molecular weight is 543 g/mol. The first kappa shape index (κ1) is 25.9. The predicted octanol–water partition coefficient (Wildman–Crippen LogP) is 9.75. The standard InChI is InChI=1S/C40H34N2/c1-29-21-25-33(26-22-29)41(31-13-5-3-6-14-31)39-35-17-9-11-19-37(35)40(38-20-12-10-18-36(38)39)42(32-15-7-4-8-16-32)34-27-23-30(2)24-28-34/h3-9,11,13-28H,10,12H2,1-2H3. The van der Waals surface area contributed by atoms with E-state index in [1.54, 1.807) is 0 Å². The molecule has 0 heterocycles. The molecule has 6 aromatic carbocycles. The Morgan fingerprint density at radius 3 is 1.10 bits per heavy atom. The first-order valence-corrected chi connectivity index (χ1v) is 14.8. The molecule has 6 aromatic rings. The molecule has 0 aromatic heterocycles. The highest BCUT2D eigenvalue weighted by atomic mass is 15.2. The third-order valence-corrected chi connectivity index (χ3v) is 8.16. The molecule has 0 bridgehead atoms. The summed E-state index contributed by atoms with van der Waals surface area (Å²) in [4.78, 5) is 4.89. The Labute approximate surface area is 248 Å². The third kappa shape index (κ3) is 4.65. The van der Waals surface area contributed by atoms with Gasteiger partial charge in [0.2, 0.25) is 0 Å². The van der Waals surface area contributed by atoms with Crippen LogP contribution < -0.4 is 20.2 Å². The first-order chi connectivity index (χ1) is 20.7. The minimum Gasteiger partial charge on any atom is -0.309 e. The van der Waals surface area contributed by atoms with Crippen LogP contribution in [0.25, 0.3) is 22.9 Å². The Bertz CT molecular complexity index is 1830. The fourth-order valence-electron chi connectivity index (χ4n) is 6.15. The topological polar surface area (TPSA) is 6.48 Å². The van der Waals surface area contributed by atoms with Crippen molar-refractivity contribution in [3.05, 3.63) is 155 Å². The second kappa shape index (κ2) is 11.1. The van der Waals surface area contributed by atoms with Crippen molar-refractivity contribution in [2.45, 2.75) is 26.7 Å². The number of aryl methyl sites for hydroxylation is 2. The van der Waals surface area contributed by atoms with Crippen molar-refractivity contribution in [3.63, 3.8) is 0 Å². The highest BCUT2D eigenvalue weighted by Crippen LogP contribution is 2.42. The minimum atomic E-state index is 1.02. The van der Waals surface area contributed by atoms with Gasteiger partial charge in [-0.15, -0.1) is 0 Å². The molecule has 0 saturated heterocycles. The molecule has 0 atom stereocenters. The smallest absolute Gasteiger partial charge is 0.0616 e. The zero-order valence-corrected chi connectivity index (χ0v) is 24.2. The lowest BCUT2D eigenvalue weighted by atomic mass is 9.95. The molecular formula is C40H34N2. The van der Waals surface area contributed by atoms with Gasteiger partial charge in [-0.05, 0) is 75.2 Å². The van der Waals surface area contributed by atoms with Crippen molar-refractivity contribution in [3.8, 4) is 0 Å². The van der Waals surface area contributed by atoms with E-state index in [0.29, 0.717) is 0 Å². The Balaban J connectivity index is 1.61.